The number of carbonyl (C=O) groups excluding carboxylic acids is 3. The molecule has 5 atom stereocenters. The van der Waals surface area contributed by atoms with Crippen molar-refractivity contribution in [2.24, 2.45) is 0 Å². The molecule has 0 spiro atoms. The van der Waals surface area contributed by atoms with Gasteiger partial charge in [-0.05, 0) is 39.0 Å². The molecule has 0 aromatic rings. The second-order valence-electron chi connectivity index (χ2n) is 7.75. The summed E-state index contributed by atoms with van der Waals surface area (Å²) in [5.41, 5.74) is 3.81. The van der Waals surface area contributed by atoms with Gasteiger partial charge in [-0.25, -0.2) is 0 Å². The van der Waals surface area contributed by atoms with Crippen molar-refractivity contribution in [1.82, 2.24) is 0 Å². The lowest BCUT2D eigenvalue weighted by atomic mass is 9.98. The van der Waals surface area contributed by atoms with E-state index in [1.54, 1.807) is 6.92 Å². The molecule has 0 aromatic carbocycles. The predicted octanol–water partition coefficient (Wildman–Crippen LogP) is -1.09. The smallest absolute Gasteiger partial charge is 0.306 e. The normalized spacial score (nSPS) is 24.8. The van der Waals surface area contributed by atoms with Crippen LogP contribution >= 0.6 is 0 Å². The highest BCUT2D eigenvalue weighted by atomic mass is 79.9. The third-order valence-electron chi connectivity index (χ3n) is 4.82. The van der Waals surface area contributed by atoms with E-state index in [1.165, 1.54) is 0 Å². The molecule has 0 radical (unpaired) electrons. The van der Waals surface area contributed by atoms with Gasteiger partial charge in [-0.15, -0.1) is 0 Å². The van der Waals surface area contributed by atoms with Crippen LogP contribution in [0.2, 0.25) is 0 Å². The van der Waals surface area contributed by atoms with Crippen LogP contribution < -0.4 is 22.7 Å². The average Bonchev–Trinajstić information content (AvgIpc) is 2.71. The minimum atomic E-state index is -1.03. The molecule has 0 unspecified atom stereocenters. The first-order valence-corrected chi connectivity index (χ1v) is 11.5. The van der Waals surface area contributed by atoms with Crippen LogP contribution in [0.1, 0.15) is 79.1 Å². The van der Waals surface area contributed by atoms with Crippen molar-refractivity contribution in [3.8, 4) is 0 Å². The third kappa shape index (κ3) is 10.6. The van der Waals surface area contributed by atoms with Crippen molar-refractivity contribution in [2.75, 3.05) is 13.2 Å². The first-order chi connectivity index (χ1) is 14.9. The molecule has 1 aliphatic heterocycles. The Morgan fingerprint density at radius 1 is 0.781 bits per heavy atom. The Kier molecular flexibility index (Phi) is 16.6. The fourth-order valence-electron chi connectivity index (χ4n) is 3.25. The number of rotatable bonds is 14. The topological polar surface area (TPSA) is 125 Å². The highest BCUT2D eigenvalue weighted by Crippen LogP contribution is 2.30. The van der Waals surface area contributed by atoms with Crippen molar-refractivity contribution in [2.45, 2.75) is 110 Å². The molecule has 1 aliphatic rings. The summed E-state index contributed by atoms with van der Waals surface area (Å²) >= 11 is 0. The first kappa shape index (κ1) is 30.8. The van der Waals surface area contributed by atoms with Crippen LogP contribution in [0, 0.1) is 0 Å². The van der Waals surface area contributed by atoms with E-state index in [1.807, 2.05) is 20.8 Å². The molecule has 0 amide bonds. The van der Waals surface area contributed by atoms with Gasteiger partial charge < -0.3 is 46.4 Å². The summed E-state index contributed by atoms with van der Waals surface area (Å²) in [6.07, 6.45) is -0.384. The van der Waals surface area contributed by atoms with E-state index < -0.39 is 48.6 Å². The van der Waals surface area contributed by atoms with Gasteiger partial charge in [0.25, 0.3) is 0 Å². The highest BCUT2D eigenvalue weighted by Gasteiger charge is 2.51. The fourth-order valence-corrected chi connectivity index (χ4v) is 3.25. The molecule has 0 aliphatic carbocycles. The number of ether oxygens (including phenoxy) is 5. The van der Waals surface area contributed by atoms with Crippen molar-refractivity contribution >= 4 is 17.9 Å². The summed E-state index contributed by atoms with van der Waals surface area (Å²) in [6.45, 7) is 8.48. The predicted molar refractivity (Wildman–Crippen MR) is 112 cm³/mol. The van der Waals surface area contributed by atoms with Gasteiger partial charge in [0.05, 0.1) is 19.3 Å². The summed E-state index contributed by atoms with van der Waals surface area (Å²) in [4.78, 5) is 36.9. The number of quaternary nitrogens is 1. The van der Waals surface area contributed by atoms with Gasteiger partial charge in [0.2, 0.25) is 0 Å². The molecule has 1 heterocycles. The molecular weight excluding hydrogens is 486 g/mol. The van der Waals surface area contributed by atoms with E-state index in [0.29, 0.717) is 25.9 Å². The molecule has 0 saturated carbocycles. The maximum atomic E-state index is 12.3. The summed E-state index contributed by atoms with van der Waals surface area (Å²) in [5, 5.41) is 0. The Hall–Kier alpha value is -1.23. The lowest BCUT2D eigenvalue weighted by Crippen LogP contribution is -3.00. The van der Waals surface area contributed by atoms with Crippen LogP contribution in [0.25, 0.3) is 0 Å². The maximum Gasteiger partial charge on any atom is 0.306 e. The summed E-state index contributed by atoms with van der Waals surface area (Å²) in [6, 6.07) is 0. The van der Waals surface area contributed by atoms with Crippen LogP contribution in [0.15, 0.2) is 0 Å². The lowest BCUT2D eigenvalue weighted by Gasteiger charge is -2.43. The number of hydrogen-bond acceptors (Lipinski definition) is 8. The van der Waals surface area contributed by atoms with Crippen molar-refractivity contribution in [3.63, 3.8) is 0 Å². The Balaban J connectivity index is 0.00000961. The SMILES string of the molecule is CCCC(=O)O[C@H]1[C@H](OC(=O)CCC)[C@H](OCCCC[NH3+])O[C@@H](C)[C@H]1OC(=O)CCC.[Br-]. The lowest BCUT2D eigenvalue weighted by molar-refractivity contribution is -0.369. The van der Waals surface area contributed by atoms with E-state index in [4.69, 9.17) is 23.7 Å². The van der Waals surface area contributed by atoms with Gasteiger partial charge in [-0.3, -0.25) is 14.4 Å². The molecule has 0 aromatic heterocycles. The minimum Gasteiger partial charge on any atom is -1.00 e. The largest absolute Gasteiger partial charge is 1.00 e. The Morgan fingerprint density at radius 3 is 1.72 bits per heavy atom. The number of halogens is 1. The van der Waals surface area contributed by atoms with Crippen LogP contribution in [0.5, 0.6) is 0 Å². The van der Waals surface area contributed by atoms with Crippen molar-refractivity contribution < 1.29 is 60.8 Å². The number of carbonyl (C=O) groups is 3. The monoisotopic (exact) mass is 525 g/mol. The zero-order valence-corrected chi connectivity index (χ0v) is 21.4. The second kappa shape index (κ2) is 17.3. The molecule has 0 bridgehead atoms. The average molecular weight is 526 g/mol. The molecule has 1 rings (SSSR count). The molecule has 32 heavy (non-hydrogen) atoms. The van der Waals surface area contributed by atoms with E-state index in [0.717, 1.165) is 19.4 Å². The zero-order valence-electron chi connectivity index (χ0n) is 19.8. The molecule has 188 valence electrons. The summed E-state index contributed by atoms with van der Waals surface area (Å²) in [5.74, 6) is -1.33. The van der Waals surface area contributed by atoms with E-state index >= 15 is 0 Å². The van der Waals surface area contributed by atoms with Gasteiger partial charge in [0, 0.05) is 19.3 Å². The molecular formula is C22H40BrNO8. The standard InChI is InChI=1S/C22H39NO8.BrH/c1-5-10-16(24)29-19-15(4)28-22(27-14-9-8-13-23)21(31-18(26)12-7-3)20(19)30-17(25)11-6-2;/h15,19-22H,5-14,23H2,1-4H3;1H/t15-,19+,20+,21-,22+;/m0./s1. The van der Waals surface area contributed by atoms with Gasteiger partial charge in [0.15, 0.2) is 24.6 Å². The number of esters is 3. The molecule has 10 heteroatoms. The number of unbranched alkanes of at least 4 members (excludes halogenated alkanes) is 1. The van der Waals surface area contributed by atoms with Crippen LogP contribution in [0.4, 0.5) is 0 Å². The maximum absolute atomic E-state index is 12.3. The van der Waals surface area contributed by atoms with Gasteiger partial charge in [-0.1, -0.05) is 20.8 Å². The third-order valence-corrected chi connectivity index (χ3v) is 4.82. The summed E-state index contributed by atoms with van der Waals surface area (Å²) < 4.78 is 28.7. The van der Waals surface area contributed by atoms with Gasteiger partial charge >= 0.3 is 17.9 Å². The number of hydrogen-bond donors (Lipinski definition) is 1. The van der Waals surface area contributed by atoms with Gasteiger partial charge in [-0.2, -0.15) is 0 Å². The quantitative estimate of drug-likeness (QED) is 0.172. The van der Waals surface area contributed by atoms with Crippen LogP contribution in [0.3, 0.4) is 0 Å². The van der Waals surface area contributed by atoms with Crippen LogP contribution in [-0.4, -0.2) is 61.8 Å². The van der Waals surface area contributed by atoms with E-state index in [-0.39, 0.29) is 36.2 Å². The molecule has 9 nitrogen and oxygen atoms in total. The van der Waals surface area contributed by atoms with E-state index in [9.17, 15) is 14.4 Å². The second-order valence-corrected chi connectivity index (χ2v) is 7.75. The van der Waals surface area contributed by atoms with E-state index in [2.05, 4.69) is 5.73 Å². The minimum absolute atomic E-state index is 0. The summed E-state index contributed by atoms with van der Waals surface area (Å²) in [7, 11) is 0. The van der Waals surface area contributed by atoms with Crippen molar-refractivity contribution in [3.05, 3.63) is 0 Å². The van der Waals surface area contributed by atoms with Crippen LogP contribution in [-0.2, 0) is 38.1 Å². The molecule has 3 N–H and O–H groups in total. The zero-order chi connectivity index (χ0) is 23.2. The van der Waals surface area contributed by atoms with Crippen molar-refractivity contribution in [1.29, 1.82) is 0 Å². The first-order valence-electron chi connectivity index (χ1n) is 11.5. The highest BCUT2D eigenvalue weighted by molar-refractivity contribution is 5.71. The fraction of sp³-hybridized carbons (Fsp3) is 0.864. The Labute approximate surface area is 201 Å². The Bertz CT molecular complexity index is 562. The molecule has 1 fully saturated rings. The van der Waals surface area contributed by atoms with Gasteiger partial charge in [0.1, 0.15) is 0 Å². The Morgan fingerprint density at radius 2 is 1.25 bits per heavy atom. The molecule has 1 saturated heterocycles.